The Labute approximate surface area is 245 Å². The molecule has 1 aromatic heterocycles. The summed E-state index contributed by atoms with van der Waals surface area (Å²) >= 11 is 0. The normalized spacial score (nSPS) is 25.2. The van der Waals surface area contributed by atoms with E-state index in [4.69, 9.17) is 15.2 Å². The van der Waals surface area contributed by atoms with Gasteiger partial charge in [-0.25, -0.2) is 0 Å². The number of aliphatic carboxylic acids is 2. The first-order valence-electron chi connectivity index (χ1n) is 14.7. The largest absolute Gasteiger partial charge is 0.481 e. The predicted molar refractivity (Wildman–Crippen MR) is 151 cm³/mol. The monoisotopic (exact) mass is 588 g/mol. The average molecular weight is 589 g/mol. The molecule has 2 bridgehead atoms. The summed E-state index contributed by atoms with van der Waals surface area (Å²) in [5, 5.41) is 31.0. The van der Waals surface area contributed by atoms with Crippen LogP contribution in [0.1, 0.15) is 102 Å². The Hall–Kier alpha value is -1.55. The Morgan fingerprint density at radius 1 is 0.718 bits per heavy atom. The zero-order valence-electron chi connectivity index (χ0n) is 23.9. The zero-order valence-corrected chi connectivity index (χ0v) is 25.1. The molecule has 4 atom stereocenters. The number of hydrogen-bond acceptors (Lipinski definition) is 7. The molecular formula is C29H51MnN5O4. The number of nitrogens with zero attached hydrogens (tertiary/aromatic N) is 1. The van der Waals surface area contributed by atoms with Crippen LogP contribution in [0.3, 0.4) is 0 Å². The first kappa shape index (κ1) is 35.5. The van der Waals surface area contributed by atoms with Crippen molar-refractivity contribution in [3.05, 3.63) is 29.6 Å². The quantitative estimate of drug-likeness (QED) is 0.290. The molecule has 39 heavy (non-hydrogen) atoms. The van der Waals surface area contributed by atoms with Crippen molar-refractivity contribution >= 4 is 11.9 Å². The van der Waals surface area contributed by atoms with E-state index in [2.05, 4.69) is 39.5 Å². The number of carbonyl (C=O) groups is 2. The van der Waals surface area contributed by atoms with E-state index < -0.39 is 11.9 Å². The minimum absolute atomic E-state index is 0. The minimum Gasteiger partial charge on any atom is -0.481 e. The maximum absolute atomic E-state index is 9.60. The Kier molecular flexibility index (Phi) is 19.3. The van der Waals surface area contributed by atoms with Crippen molar-refractivity contribution in [2.45, 2.75) is 128 Å². The molecule has 0 unspecified atom stereocenters. The summed E-state index contributed by atoms with van der Waals surface area (Å²) in [7, 11) is 0. The van der Waals surface area contributed by atoms with Crippen molar-refractivity contribution < 1.29 is 36.9 Å². The molecule has 1 radical (unpaired) electrons. The maximum Gasteiger partial charge on any atom is 0.303 e. The Morgan fingerprint density at radius 2 is 1.08 bits per heavy atom. The van der Waals surface area contributed by atoms with E-state index in [1.54, 1.807) is 0 Å². The second-order valence-electron chi connectivity index (χ2n) is 10.6. The van der Waals surface area contributed by atoms with Gasteiger partial charge in [0.1, 0.15) is 0 Å². The van der Waals surface area contributed by atoms with E-state index in [0.29, 0.717) is 37.0 Å². The first-order valence-corrected chi connectivity index (χ1v) is 14.7. The number of aromatic nitrogens is 1. The molecule has 6 N–H and O–H groups in total. The van der Waals surface area contributed by atoms with Gasteiger partial charge in [0.15, 0.2) is 0 Å². The van der Waals surface area contributed by atoms with Gasteiger partial charge in [-0.2, -0.15) is 0 Å². The average Bonchev–Trinajstić information content (AvgIpc) is 2.90. The molecule has 1 aromatic rings. The summed E-state index contributed by atoms with van der Waals surface area (Å²) in [5.41, 5.74) is 2.34. The van der Waals surface area contributed by atoms with Gasteiger partial charge in [0.05, 0.1) is 11.4 Å². The zero-order chi connectivity index (χ0) is 27.6. The summed E-state index contributed by atoms with van der Waals surface area (Å²) in [6, 6.07) is 8.81. The van der Waals surface area contributed by atoms with Crippen LogP contribution in [-0.4, -0.2) is 64.4 Å². The van der Waals surface area contributed by atoms with Crippen molar-refractivity contribution in [2.24, 2.45) is 0 Å². The summed E-state index contributed by atoms with van der Waals surface area (Å²) in [6.45, 7) is 7.57. The molecule has 0 aromatic carbocycles. The van der Waals surface area contributed by atoms with Gasteiger partial charge >= 0.3 is 11.9 Å². The number of pyridine rings is 1. The van der Waals surface area contributed by atoms with Gasteiger partial charge in [-0.15, -0.1) is 0 Å². The third-order valence-corrected chi connectivity index (χ3v) is 7.35. The molecule has 3 aliphatic rings. The van der Waals surface area contributed by atoms with Crippen molar-refractivity contribution in [2.75, 3.05) is 13.1 Å². The Balaban J connectivity index is 0.000000494. The van der Waals surface area contributed by atoms with Gasteiger partial charge in [0.25, 0.3) is 0 Å². The number of fused-ring (bicyclic) bond motifs is 4. The van der Waals surface area contributed by atoms with Gasteiger partial charge < -0.3 is 31.5 Å². The second kappa shape index (κ2) is 21.2. The van der Waals surface area contributed by atoms with Crippen molar-refractivity contribution in [1.82, 2.24) is 26.3 Å². The molecule has 4 rings (SSSR count). The molecule has 223 valence electrons. The van der Waals surface area contributed by atoms with E-state index in [-0.39, 0.29) is 17.1 Å². The van der Waals surface area contributed by atoms with E-state index in [0.717, 1.165) is 39.0 Å². The SMILES string of the molecule is CCCC(=O)O.CCCC(=O)O.[Mn].c1cc2nc(c1)CN[C@@H]1CCCC[C@H]1NCCN[C@H]1CCCC[C@@H]1NC2. The molecule has 10 heteroatoms. The van der Waals surface area contributed by atoms with Crippen molar-refractivity contribution in [3.8, 4) is 0 Å². The van der Waals surface area contributed by atoms with Crippen LogP contribution >= 0.6 is 0 Å². The van der Waals surface area contributed by atoms with Crippen molar-refractivity contribution in [1.29, 1.82) is 0 Å². The smallest absolute Gasteiger partial charge is 0.303 e. The minimum atomic E-state index is -0.711. The number of carboxylic acids is 2. The van der Waals surface area contributed by atoms with Crippen LogP contribution in [0.25, 0.3) is 0 Å². The van der Waals surface area contributed by atoms with Crippen LogP contribution in [0.5, 0.6) is 0 Å². The predicted octanol–water partition coefficient (Wildman–Crippen LogP) is 3.82. The summed E-state index contributed by atoms with van der Waals surface area (Å²) in [4.78, 5) is 24.1. The Bertz CT molecular complexity index is 754. The molecule has 1 aliphatic heterocycles. The van der Waals surface area contributed by atoms with E-state index >= 15 is 0 Å². The fourth-order valence-electron chi connectivity index (χ4n) is 5.38. The molecule has 2 aliphatic carbocycles. The fourth-order valence-corrected chi connectivity index (χ4v) is 5.38. The van der Waals surface area contributed by atoms with Crippen LogP contribution in [0.4, 0.5) is 0 Å². The summed E-state index contributed by atoms with van der Waals surface area (Å²) < 4.78 is 0. The van der Waals surface area contributed by atoms with Gasteiger partial charge in [0, 0.05) is 80.3 Å². The molecule has 2 fully saturated rings. The number of hydrogen-bond donors (Lipinski definition) is 6. The standard InChI is InChI=1S/C21H35N5.2C4H8O2.Mn/c1-3-10-20-18(8-1)22-12-13-23-19-9-2-4-11-21(19)25-15-17-7-5-6-16(26-17)14-24-20;2*1-2-3-4(5)6;/h5-7,18-25H,1-4,8-15H2;2*2-3H2,1H3,(H,5,6);/t18-,19+,20-,21+;;;. The molecule has 0 saturated heterocycles. The number of nitrogens with one attached hydrogen (secondary N) is 4. The fraction of sp³-hybridized carbons (Fsp3) is 0.759. The third-order valence-electron chi connectivity index (χ3n) is 7.35. The molecule has 0 spiro atoms. The second-order valence-corrected chi connectivity index (χ2v) is 10.6. The van der Waals surface area contributed by atoms with Gasteiger partial charge in [-0.3, -0.25) is 14.6 Å². The Morgan fingerprint density at radius 3 is 1.38 bits per heavy atom. The topological polar surface area (TPSA) is 136 Å². The van der Waals surface area contributed by atoms with E-state index in [9.17, 15) is 9.59 Å². The molecule has 9 nitrogen and oxygen atoms in total. The summed E-state index contributed by atoms with van der Waals surface area (Å²) in [6.07, 6.45) is 12.6. The number of rotatable bonds is 4. The molecule has 2 saturated carbocycles. The van der Waals surface area contributed by atoms with Crippen LogP contribution in [0, 0.1) is 0 Å². The number of carboxylic acid groups (broad SMARTS) is 2. The van der Waals surface area contributed by atoms with Crippen LogP contribution < -0.4 is 21.3 Å². The van der Waals surface area contributed by atoms with Crippen LogP contribution in [0.15, 0.2) is 18.2 Å². The van der Waals surface area contributed by atoms with E-state index in [1.165, 1.54) is 62.8 Å². The maximum atomic E-state index is 9.60. The third kappa shape index (κ3) is 15.1. The van der Waals surface area contributed by atoms with E-state index in [1.807, 2.05) is 13.8 Å². The summed E-state index contributed by atoms with van der Waals surface area (Å²) in [5.74, 6) is -1.42. The van der Waals surface area contributed by atoms with Gasteiger partial charge in [-0.05, 0) is 50.7 Å². The van der Waals surface area contributed by atoms with Crippen LogP contribution in [-0.2, 0) is 39.7 Å². The molecular weight excluding hydrogens is 537 g/mol. The first-order chi connectivity index (χ1) is 18.4. The van der Waals surface area contributed by atoms with Gasteiger partial charge in [0.2, 0.25) is 0 Å². The van der Waals surface area contributed by atoms with Crippen molar-refractivity contribution in [3.63, 3.8) is 0 Å². The molecule has 0 amide bonds. The molecule has 2 heterocycles. The van der Waals surface area contributed by atoms with Gasteiger partial charge in [-0.1, -0.05) is 45.6 Å². The van der Waals surface area contributed by atoms with Crippen LogP contribution in [0.2, 0.25) is 0 Å².